The molecule has 0 amide bonds. The van der Waals surface area contributed by atoms with Crippen molar-refractivity contribution >= 4 is 0 Å². The molecule has 0 saturated heterocycles. The van der Waals surface area contributed by atoms with Crippen molar-refractivity contribution in [3.05, 3.63) is 53.6 Å². The van der Waals surface area contributed by atoms with E-state index in [0.29, 0.717) is 0 Å². The average molecular weight is 271 g/mol. The van der Waals surface area contributed by atoms with Gasteiger partial charge in [-0.2, -0.15) is 0 Å². The monoisotopic (exact) mass is 271 g/mol. The van der Waals surface area contributed by atoms with E-state index < -0.39 is 0 Å². The van der Waals surface area contributed by atoms with E-state index >= 15 is 0 Å². The molecular formula is C17H21NO2. The minimum Gasteiger partial charge on any atom is -0.496 e. The van der Waals surface area contributed by atoms with Crippen molar-refractivity contribution in [1.29, 1.82) is 0 Å². The van der Waals surface area contributed by atoms with Gasteiger partial charge >= 0.3 is 0 Å². The number of methoxy groups -OCH3 is 1. The lowest BCUT2D eigenvalue weighted by Crippen LogP contribution is -2.08. The molecule has 2 N–H and O–H groups in total. The molecule has 0 heterocycles. The van der Waals surface area contributed by atoms with Crippen LogP contribution in [0.25, 0.3) is 0 Å². The van der Waals surface area contributed by atoms with Gasteiger partial charge in [-0.25, -0.2) is 0 Å². The Kier molecular flexibility index (Phi) is 4.64. The molecule has 0 aliphatic carbocycles. The summed E-state index contributed by atoms with van der Waals surface area (Å²) in [4.78, 5) is 0. The van der Waals surface area contributed by atoms with Crippen molar-refractivity contribution in [1.82, 2.24) is 0 Å². The van der Waals surface area contributed by atoms with Crippen molar-refractivity contribution in [3.63, 3.8) is 0 Å². The lowest BCUT2D eigenvalue weighted by molar-refractivity contribution is 0.397. The summed E-state index contributed by atoms with van der Waals surface area (Å²) in [5, 5.41) is 0. The SMILES string of the molecule is CCc1cccc(Oc2cccc(OC)c2C(C)N)c1. The van der Waals surface area contributed by atoms with Crippen LogP contribution in [0.15, 0.2) is 42.5 Å². The summed E-state index contributed by atoms with van der Waals surface area (Å²) < 4.78 is 11.4. The number of ether oxygens (including phenoxy) is 2. The third kappa shape index (κ3) is 3.11. The summed E-state index contributed by atoms with van der Waals surface area (Å²) in [5.74, 6) is 2.32. The van der Waals surface area contributed by atoms with Crippen molar-refractivity contribution in [2.24, 2.45) is 5.73 Å². The van der Waals surface area contributed by atoms with Crippen LogP contribution in [0.2, 0.25) is 0 Å². The highest BCUT2D eigenvalue weighted by Crippen LogP contribution is 2.35. The topological polar surface area (TPSA) is 44.5 Å². The quantitative estimate of drug-likeness (QED) is 0.891. The van der Waals surface area contributed by atoms with E-state index in [1.807, 2.05) is 43.3 Å². The van der Waals surface area contributed by atoms with E-state index in [2.05, 4.69) is 13.0 Å². The highest BCUT2D eigenvalue weighted by Gasteiger charge is 2.14. The highest BCUT2D eigenvalue weighted by molar-refractivity contribution is 5.48. The fraction of sp³-hybridized carbons (Fsp3) is 0.294. The highest BCUT2D eigenvalue weighted by atomic mass is 16.5. The molecule has 1 unspecified atom stereocenters. The maximum Gasteiger partial charge on any atom is 0.135 e. The van der Waals surface area contributed by atoms with E-state index in [1.54, 1.807) is 7.11 Å². The lowest BCUT2D eigenvalue weighted by atomic mass is 10.1. The molecule has 0 spiro atoms. The zero-order chi connectivity index (χ0) is 14.5. The second-order valence-electron chi connectivity index (χ2n) is 4.76. The van der Waals surface area contributed by atoms with E-state index in [-0.39, 0.29) is 6.04 Å². The third-order valence-electron chi connectivity index (χ3n) is 3.24. The summed E-state index contributed by atoms with van der Waals surface area (Å²) in [6.45, 7) is 4.05. The zero-order valence-corrected chi connectivity index (χ0v) is 12.2. The molecule has 0 bridgehead atoms. The summed E-state index contributed by atoms with van der Waals surface area (Å²) in [5.41, 5.74) is 8.17. The Morgan fingerprint density at radius 3 is 2.45 bits per heavy atom. The number of rotatable bonds is 5. The maximum absolute atomic E-state index is 6.04. The summed E-state index contributed by atoms with van der Waals surface area (Å²) >= 11 is 0. The van der Waals surface area contributed by atoms with Gasteiger partial charge in [0.25, 0.3) is 0 Å². The Morgan fingerprint density at radius 1 is 1.10 bits per heavy atom. The van der Waals surface area contributed by atoms with Gasteiger partial charge in [0.1, 0.15) is 17.2 Å². The van der Waals surface area contributed by atoms with Crippen LogP contribution < -0.4 is 15.2 Å². The van der Waals surface area contributed by atoms with Gasteiger partial charge < -0.3 is 15.2 Å². The fourth-order valence-electron chi connectivity index (χ4n) is 2.20. The van der Waals surface area contributed by atoms with E-state index in [4.69, 9.17) is 15.2 Å². The van der Waals surface area contributed by atoms with Crippen molar-refractivity contribution < 1.29 is 9.47 Å². The fourth-order valence-corrected chi connectivity index (χ4v) is 2.20. The largest absolute Gasteiger partial charge is 0.496 e. The number of benzene rings is 2. The molecule has 1 atom stereocenters. The summed E-state index contributed by atoms with van der Waals surface area (Å²) in [6, 6.07) is 13.6. The van der Waals surface area contributed by atoms with Crippen LogP contribution in [0.5, 0.6) is 17.2 Å². The number of nitrogens with two attached hydrogens (primary N) is 1. The normalized spacial score (nSPS) is 12.0. The second kappa shape index (κ2) is 6.44. The van der Waals surface area contributed by atoms with Gasteiger partial charge in [-0.1, -0.05) is 25.1 Å². The first-order chi connectivity index (χ1) is 9.65. The van der Waals surface area contributed by atoms with Crippen molar-refractivity contribution in [2.75, 3.05) is 7.11 Å². The van der Waals surface area contributed by atoms with Gasteiger partial charge in [0.2, 0.25) is 0 Å². The second-order valence-corrected chi connectivity index (χ2v) is 4.76. The number of hydrogen-bond donors (Lipinski definition) is 1. The molecule has 3 nitrogen and oxygen atoms in total. The molecule has 2 rings (SSSR count). The van der Waals surface area contributed by atoms with Crippen LogP contribution in [0, 0.1) is 0 Å². The molecular weight excluding hydrogens is 250 g/mol. The first kappa shape index (κ1) is 14.4. The minimum atomic E-state index is -0.157. The lowest BCUT2D eigenvalue weighted by Gasteiger charge is -2.17. The zero-order valence-electron chi connectivity index (χ0n) is 12.2. The van der Waals surface area contributed by atoms with Crippen LogP contribution in [0.1, 0.15) is 31.0 Å². The number of hydrogen-bond acceptors (Lipinski definition) is 3. The summed E-state index contributed by atoms with van der Waals surface area (Å²) in [7, 11) is 1.64. The standard InChI is InChI=1S/C17H21NO2/c1-4-13-7-5-8-14(11-13)20-16-10-6-9-15(19-3)17(16)12(2)18/h5-12H,4,18H2,1-3H3. The molecule has 0 aliphatic rings. The Bertz CT molecular complexity index is 579. The molecule has 2 aromatic carbocycles. The Labute approximate surface area is 120 Å². The van der Waals surface area contributed by atoms with E-state index in [0.717, 1.165) is 29.2 Å². The smallest absolute Gasteiger partial charge is 0.135 e. The predicted molar refractivity (Wildman–Crippen MR) is 81.5 cm³/mol. The number of aryl methyl sites for hydroxylation is 1. The maximum atomic E-state index is 6.04. The molecule has 0 radical (unpaired) electrons. The molecule has 0 aromatic heterocycles. The van der Waals surface area contributed by atoms with Gasteiger partial charge in [0, 0.05) is 6.04 Å². The average Bonchev–Trinajstić information content (AvgIpc) is 2.46. The van der Waals surface area contributed by atoms with Crippen LogP contribution in [-0.2, 0) is 6.42 Å². The first-order valence-electron chi connectivity index (χ1n) is 6.85. The molecule has 0 fully saturated rings. The van der Waals surface area contributed by atoms with Gasteiger partial charge in [0.05, 0.1) is 12.7 Å². The molecule has 106 valence electrons. The Balaban J connectivity index is 2.37. The molecule has 20 heavy (non-hydrogen) atoms. The molecule has 2 aromatic rings. The van der Waals surface area contributed by atoms with E-state index in [9.17, 15) is 0 Å². The van der Waals surface area contributed by atoms with Crippen molar-refractivity contribution in [3.8, 4) is 17.2 Å². The summed E-state index contributed by atoms with van der Waals surface area (Å²) in [6.07, 6.45) is 0.982. The van der Waals surface area contributed by atoms with Gasteiger partial charge in [0.15, 0.2) is 0 Å². The molecule has 3 heteroatoms. The Hall–Kier alpha value is -2.00. The van der Waals surface area contributed by atoms with Crippen LogP contribution >= 0.6 is 0 Å². The van der Waals surface area contributed by atoms with Crippen LogP contribution in [0.4, 0.5) is 0 Å². The van der Waals surface area contributed by atoms with Crippen LogP contribution in [-0.4, -0.2) is 7.11 Å². The predicted octanol–water partition coefficient (Wildman–Crippen LogP) is 4.07. The van der Waals surface area contributed by atoms with Crippen molar-refractivity contribution in [2.45, 2.75) is 26.3 Å². The third-order valence-corrected chi connectivity index (χ3v) is 3.24. The van der Waals surface area contributed by atoms with Crippen LogP contribution in [0.3, 0.4) is 0 Å². The molecule has 0 saturated carbocycles. The van der Waals surface area contributed by atoms with Gasteiger partial charge in [-0.3, -0.25) is 0 Å². The van der Waals surface area contributed by atoms with E-state index in [1.165, 1.54) is 5.56 Å². The van der Waals surface area contributed by atoms with Gasteiger partial charge in [-0.05, 0) is 43.2 Å². The minimum absolute atomic E-state index is 0.157. The first-order valence-corrected chi connectivity index (χ1v) is 6.85. The Morgan fingerprint density at radius 2 is 1.80 bits per heavy atom. The molecule has 0 aliphatic heterocycles. The van der Waals surface area contributed by atoms with Gasteiger partial charge in [-0.15, -0.1) is 0 Å².